The average molecular weight is 247 g/mol. The highest BCUT2D eigenvalue weighted by molar-refractivity contribution is 6.12. The number of carbonyl (C=O) groups is 2. The molecule has 0 saturated carbocycles. The Balaban J connectivity index is 2.08. The second-order valence-corrected chi connectivity index (χ2v) is 3.79. The molecule has 18 heavy (non-hydrogen) atoms. The maximum absolute atomic E-state index is 12.6. The summed E-state index contributed by atoms with van der Waals surface area (Å²) in [6.07, 6.45) is 3.58. The summed E-state index contributed by atoms with van der Waals surface area (Å²) in [5.74, 6) is -1.30. The van der Waals surface area contributed by atoms with Gasteiger partial charge in [-0.3, -0.25) is 19.3 Å². The van der Waals surface area contributed by atoms with Gasteiger partial charge < -0.3 is 0 Å². The van der Waals surface area contributed by atoms with E-state index in [-0.39, 0.29) is 17.9 Å². The minimum atomic E-state index is -0.523. The van der Waals surface area contributed by atoms with Crippen LogP contribution < -0.4 is 0 Å². The molecule has 2 heterocycles. The summed E-state index contributed by atoms with van der Waals surface area (Å²) in [5.41, 5.74) is 0.446. The highest BCUT2D eigenvalue weighted by Gasteiger charge is 2.15. The Bertz CT molecular complexity index is 590. The van der Waals surface area contributed by atoms with Crippen molar-refractivity contribution < 1.29 is 14.0 Å². The number of hydrogen-bond acceptors (Lipinski definition) is 4. The van der Waals surface area contributed by atoms with Crippen molar-refractivity contribution in [1.29, 1.82) is 0 Å². The smallest absolute Gasteiger partial charge is 0.188 e. The van der Waals surface area contributed by atoms with Crippen LogP contribution in [0.1, 0.15) is 27.3 Å². The molecule has 0 aliphatic heterocycles. The Morgan fingerprint density at radius 3 is 2.61 bits per heavy atom. The minimum absolute atomic E-state index is 0.0774. The lowest BCUT2D eigenvalue weighted by molar-refractivity contribution is 0.0891. The van der Waals surface area contributed by atoms with Gasteiger partial charge in [0.15, 0.2) is 11.6 Å². The summed E-state index contributed by atoms with van der Waals surface area (Å²) in [6.45, 7) is 0. The van der Waals surface area contributed by atoms with Gasteiger partial charge in [-0.15, -0.1) is 0 Å². The van der Waals surface area contributed by atoms with Crippen LogP contribution in [-0.2, 0) is 7.05 Å². The molecule has 0 atom stereocenters. The van der Waals surface area contributed by atoms with Crippen LogP contribution in [0.5, 0.6) is 0 Å². The molecule has 0 spiro atoms. The molecule has 92 valence electrons. The number of halogens is 1. The van der Waals surface area contributed by atoms with Crippen LogP contribution in [0.15, 0.2) is 30.7 Å². The maximum Gasteiger partial charge on any atom is 0.188 e. The molecular weight excluding hydrogens is 237 g/mol. The third-order valence-electron chi connectivity index (χ3n) is 2.36. The predicted molar refractivity (Wildman–Crippen MR) is 60.7 cm³/mol. The Morgan fingerprint density at radius 2 is 2.06 bits per heavy atom. The monoisotopic (exact) mass is 247 g/mol. The number of aryl methyl sites for hydroxylation is 1. The molecule has 0 aromatic carbocycles. The zero-order valence-electron chi connectivity index (χ0n) is 9.63. The highest BCUT2D eigenvalue weighted by atomic mass is 19.1. The number of rotatable bonds is 4. The second-order valence-electron chi connectivity index (χ2n) is 3.79. The summed E-state index contributed by atoms with van der Waals surface area (Å²) < 4.78 is 14.1. The van der Waals surface area contributed by atoms with Crippen molar-refractivity contribution >= 4 is 11.6 Å². The third-order valence-corrected chi connectivity index (χ3v) is 2.36. The SMILES string of the molecule is Cn1cc(C(=O)CC(=O)c2ccc(F)cn2)cn1. The normalized spacial score (nSPS) is 10.3. The summed E-state index contributed by atoms with van der Waals surface area (Å²) >= 11 is 0. The largest absolute Gasteiger partial charge is 0.294 e. The lowest BCUT2D eigenvalue weighted by Crippen LogP contribution is -2.09. The summed E-state index contributed by atoms with van der Waals surface area (Å²) in [7, 11) is 1.68. The Morgan fingerprint density at radius 1 is 1.28 bits per heavy atom. The van der Waals surface area contributed by atoms with Crippen molar-refractivity contribution in [3.8, 4) is 0 Å². The molecule has 0 aliphatic carbocycles. The Kier molecular flexibility index (Phi) is 3.27. The molecule has 0 fully saturated rings. The number of Topliss-reactive ketones (excluding diaryl/α,β-unsaturated/α-hetero) is 2. The molecule has 5 nitrogen and oxygen atoms in total. The van der Waals surface area contributed by atoms with Crippen molar-refractivity contribution in [3.05, 3.63) is 47.8 Å². The third kappa shape index (κ3) is 2.65. The molecule has 0 unspecified atom stereocenters. The van der Waals surface area contributed by atoms with E-state index < -0.39 is 11.6 Å². The number of carbonyl (C=O) groups excluding carboxylic acids is 2. The van der Waals surface area contributed by atoms with Crippen LogP contribution in [0.4, 0.5) is 4.39 Å². The molecular formula is C12H10FN3O2. The Labute approximate surface area is 102 Å². The van der Waals surface area contributed by atoms with Crippen molar-refractivity contribution in [1.82, 2.24) is 14.8 Å². The van der Waals surface area contributed by atoms with E-state index in [9.17, 15) is 14.0 Å². The first-order valence-corrected chi connectivity index (χ1v) is 5.23. The van der Waals surface area contributed by atoms with Gasteiger partial charge in [0.25, 0.3) is 0 Å². The number of hydrogen-bond donors (Lipinski definition) is 0. The fourth-order valence-corrected chi connectivity index (χ4v) is 1.44. The van der Waals surface area contributed by atoms with E-state index in [1.807, 2.05) is 0 Å². The number of ketones is 2. The van der Waals surface area contributed by atoms with Gasteiger partial charge in [-0.2, -0.15) is 5.10 Å². The van der Waals surface area contributed by atoms with E-state index in [1.165, 1.54) is 23.1 Å². The maximum atomic E-state index is 12.6. The molecule has 0 bridgehead atoms. The zero-order chi connectivity index (χ0) is 13.1. The van der Waals surface area contributed by atoms with Crippen LogP contribution in [-0.4, -0.2) is 26.3 Å². The molecule has 0 radical (unpaired) electrons. The highest BCUT2D eigenvalue weighted by Crippen LogP contribution is 2.07. The lowest BCUT2D eigenvalue weighted by atomic mass is 10.1. The lowest BCUT2D eigenvalue weighted by Gasteiger charge is -1.98. The minimum Gasteiger partial charge on any atom is -0.294 e. The Hall–Kier alpha value is -2.37. The van der Waals surface area contributed by atoms with Gasteiger partial charge in [0.2, 0.25) is 0 Å². The van der Waals surface area contributed by atoms with Crippen molar-refractivity contribution in [3.63, 3.8) is 0 Å². The van der Waals surface area contributed by atoms with Gasteiger partial charge in [-0.1, -0.05) is 0 Å². The number of aromatic nitrogens is 3. The molecule has 0 N–H and O–H groups in total. The van der Waals surface area contributed by atoms with Crippen molar-refractivity contribution in [2.24, 2.45) is 7.05 Å². The van der Waals surface area contributed by atoms with Gasteiger partial charge in [0.05, 0.1) is 24.4 Å². The van der Waals surface area contributed by atoms with Gasteiger partial charge in [0.1, 0.15) is 11.5 Å². The zero-order valence-corrected chi connectivity index (χ0v) is 9.63. The van der Waals surface area contributed by atoms with Gasteiger partial charge in [0, 0.05) is 13.2 Å². The van der Waals surface area contributed by atoms with Gasteiger partial charge in [-0.25, -0.2) is 4.39 Å². The second kappa shape index (κ2) is 4.87. The van der Waals surface area contributed by atoms with Gasteiger partial charge in [-0.05, 0) is 12.1 Å². The first kappa shape index (κ1) is 12.1. The molecule has 2 aromatic rings. The number of nitrogens with zero attached hydrogens (tertiary/aromatic N) is 3. The van der Waals surface area contributed by atoms with E-state index in [2.05, 4.69) is 10.1 Å². The van der Waals surface area contributed by atoms with Crippen LogP contribution in [0, 0.1) is 5.82 Å². The fourth-order valence-electron chi connectivity index (χ4n) is 1.44. The predicted octanol–water partition coefficient (Wildman–Crippen LogP) is 1.41. The topological polar surface area (TPSA) is 64.8 Å². The van der Waals surface area contributed by atoms with Gasteiger partial charge >= 0.3 is 0 Å². The van der Waals surface area contributed by atoms with E-state index in [0.717, 1.165) is 12.3 Å². The van der Waals surface area contributed by atoms with Crippen molar-refractivity contribution in [2.45, 2.75) is 6.42 Å². The fraction of sp³-hybridized carbons (Fsp3) is 0.167. The first-order valence-electron chi connectivity index (χ1n) is 5.23. The quantitative estimate of drug-likeness (QED) is 0.605. The summed E-state index contributed by atoms with van der Waals surface area (Å²) in [6, 6.07) is 2.39. The molecule has 0 amide bonds. The summed E-state index contributed by atoms with van der Waals surface area (Å²) in [5, 5.41) is 3.85. The molecule has 0 saturated heterocycles. The average Bonchev–Trinajstić information content (AvgIpc) is 2.76. The summed E-state index contributed by atoms with van der Waals surface area (Å²) in [4.78, 5) is 27.1. The standard InChI is InChI=1S/C12H10FN3O2/c1-16-7-8(5-15-16)11(17)4-12(18)10-3-2-9(13)6-14-10/h2-3,5-7H,4H2,1H3. The molecule has 6 heteroatoms. The van der Waals surface area contributed by atoms with Crippen LogP contribution in [0.3, 0.4) is 0 Å². The molecule has 2 rings (SSSR count). The number of pyridine rings is 1. The van der Waals surface area contributed by atoms with Crippen LogP contribution in [0.25, 0.3) is 0 Å². The van der Waals surface area contributed by atoms with Crippen LogP contribution >= 0.6 is 0 Å². The first-order chi connectivity index (χ1) is 8.56. The van der Waals surface area contributed by atoms with E-state index in [4.69, 9.17) is 0 Å². The molecule has 2 aromatic heterocycles. The molecule has 0 aliphatic rings. The van der Waals surface area contributed by atoms with E-state index in [0.29, 0.717) is 5.56 Å². The van der Waals surface area contributed by atoms with Crippen molar-refractivity contribution in [2.75, 3.05) is 0 Å². The van der Waals surface area contributed by atoms with E-state index >= 15 is 0 Å². The van der Waals surface area contributed by atoms with Crippen LogP contribution in [0.2, 0.25) is 0 Å². The van der Waals surface area contributed by atoms with E-state index in [1.54, 1.807) is 7.05 Å².